The van der Waals surface area contributed by atoms with E-state index in [0.29, 0.717) is 4.31 Å². The van der Waals surface area contributed by atoms with Crippen LogP contribution in [-0.4, -0.2) is 72.9 Å². The molecule has 168 valence electrons. The van der Waals surface area contributed by atoms with Gasteiger partial charge in [0.2, 0.25) is 26.0 Å². The van der Waals surface area contributed by atoms with E-state index in [4.69, 9.17) is 4.74 Å². The Kier molecular flexibility index (Phi) is 5.49. The number of sulfonamides is 2. The molecule has 2 aliphatic rings. The fourth-order valence-corrected chi connectivity index (χ4v) is 9.19. The third-order valence-corrected chi connectivity index (χ3v) is 11.0. The maximum absolute atomic E-state index is 13.2. The van der Waals surface area contributed by atoms with E-state index in [9.17, 15) is 30.0 Å². The second kappa shape index (κ2) is 7.18. The molecule has 1 aromatic rings. The first-order chi connectivity index (χ1) is 13.6. The predicted octanol–water partition coefficient (Wildman–Crippen LogP) is 0.205. The van der Waals surface area contributed by atoms with E-state index in [-0.39, 0.29) is 34.3 Å². The lowest BCUT2D eigenvalue weighted by Crippen LogP contribution is -2.38. The molecule has 0 spiro atoms. The molecule has 1 atom stereocenters. The zero-order valence-electron chi connectivity index (χ0n) is 17.0. The third kappa shape index (κ3) is 3.83. The third-order valence-electron chi connectivity index (χ3n) is 5.35. The summed E-state index contributed by atoms with van der Waals surface area (Å²) in [6.07, 6.45) is 0.160. The molecular weight excluding hydrogens is 456 g/mol. The molecule has 2 heterocycles. The number of amides is 1. The summed E-state index contributed by atoms with van der Waals surface area (Å²) in [5.74, 6) is -1.50. The van der Waals surface area contributed by atoms with Crippen LogP contribution in [0, 0.1) is 5.41 Å². The van der Waals surface area contributed by atoms with Gasteiger partial charge in [-0.3, -0.25) is 4.79 Å². The number of hydrogen-bond donors (Lipinski definition) is 0. The van der Waals surface area contributed by atoms with Gasteiger partial charge in [0.1, 0.15) is 10.6 Å². The Morgan fingerprint density at radius 3 is 2.30 bits per heavy atom. The van der Waals surface area contributed by atoms with Crippen LogP contribution in [0.5, 0.6) is 5.75 Å². The van der Waals surface area contributed by atoms with Crippen LogP contribution in [0.25, 0.3) is 0 Å². The average Bonchev–Trinajstić information content (AvgIpc) is 3.06. The molecule has 0 N–H and O–H groups in total. The minimum absolute atomic E-state index is 0.0465. The highest BCUT2D eigenvalue weighted by Crippen LogP contribution is 2.39. The number of methoxy groups -OCH3 is 1. The van der Waals surface area contributed by atoms with E-state index < -0.39 is 53.0 Å². The van der Waals surface area contributed by atoms with Crippen LogP contribution in [0.3, 0.4) is 0 Å². The van der Waals surface area contributed by atoms with Crippen molar-refractivity contribution in [2.24, 2.45) is 5.41 Å². The van der Waals surface area contributed by atoms with Crippen molar-refractivity contribution in [3.8, 4) is 5.75 Å². The first kappa shape index (κ1) is 23.0. The molecule has 1 amide bonds. The monoisotopic (exact) mass is 480 g/mol. The molecule has 10 nitrogen and oxygen atoms in total. The van der Waals surface area contributed by atoms with Gasteiger partial charge in [0.15, 0.2) is 9.84 Å². The molecule has 3 rings (SSSR count). The molecule has 0 bridgehead atoms. The maximum atomic E-state index is 13.2. The molecule has 0 aromatic heterocycles. The summed E-state index contributed by atoms with van der Waals surface area (Å²) in [7, 11) is -9.01. The number of rotatable bonds is 5. The first-order valence-corrected chi connectivity index (χ1v) is 13.9. The van der Waals surface area contributed by atoms with Gasteiger partial charge in [0, 0.05) is 13.1 Å². The highest BCUT2D eigenvalue weighted by Gasteiger charge is 2.50. The van der Waals surface area contributed by atoms with Crippen molar-refractivity contribution >= 4 is 41.5 Å². The van der Waals surface area contributed by atoms with Gasteiger partial charge in [-0.25, -0.2) is 29.6 Å². The Hall–Kier alpha value is -1.70. The minimum atomic E-state index is -4.24. The fourth-order valence-electron chi connectivity index (χ4n) is 3.67. The molecule has 0 aliphatic carbocycles. The number of benzene rings is 1. The van der Waals surface area contributed by atoms with Crippen LogP contribution in [0.15, 0.2) is 23.1 Å². The van der Waals surface area contributed by atoms with Crippen LogP contribution >= 0.6 is 0 Å². The second-order valence-electron chi connectivity index (χ2n) is 8.12. The van der Waals surface area contributed by atoms with Crippen molar-refractivity contribution in [2.75, 3.05) is 35.7 Å². The number of sulfone groups is 1. The molecule has 13 heteroatoms. The fraction of sp³-hybridized carbons (Fsp3) is 0.588. The quantitative estimate of drug-likeness (QED) is 0.583. The van der Waals surface area contributed by atoms with Crippen LogP contribution in [0.2, 0.25) is 0 Å². The SMILES string of the molecule is COc1ccc(N2C(=O)C(C)(C)CS2(=O)=O)cc1S(=O)(=O)N(C)[C@H]1CCS(=O)(=O)C1. The highest BCUT2D eigenvalue weighted by molar-refractivity contribution is 7.94. The molecule has 2 saturated heterocycles. The standard InChI is InChI=1S/C17H24N2O8S3/c1-17(2)11-29(23,24)19(16(17)20)12-5-6-14(27-4)15(9-12)30(25,26)18(3)13-7-8-28(21,22)10-13/h5-6,9,13H,7-8,10-11H2,1-4H3/t13-/m0/s1. The molecular formula is C17H24N2O8S3. The van der Waals surface area contributed by atoms with Crippen molar-refractivity contribution in [3.63, 3.8) is 0 Å². The summed E-state index contributed by atoms with van der Waals surface area (Å²) in [5, 5.41) is 0. The Morgan fingerprint density at radius 2 is 1.83 bits per heavy atom. The molecule has 0 saturated carbocycles. The normalized spacial score (nSPS) is 25.0. The van der Waals surface area contributed by atoms with Crippen LogP contribution in [0.1, 0.15) is 20.3 Å². The van der Waals surface area contributed by atoms with Crippen molar-refractivity contribution in [3.05, 3.63) is 18.2 Å². The molecule has 2 fully saturated rings. The lowest BCUT2D eigenvalue weighted by molar-refractivity contribution is -0.123. The Labute approximate surface area is 176 Å². The van der Waals surface area contributed by atoms with Gasteiger partial charge in [-0.15, -0.1) is 0 Å². The maximum Gasteiger partial charge on any atom is 0.247 e. The highest BCUT2D eigenvalue weighted by atomic mass is 32.2. The molecule has 30 heavy (non-hydrogen) atoms. The second-order valence-corrected chi connectivity index (χ2v) is 14.1. The summed E-state index contributed by atoms with van der Waals surface area (Å²) in [4.78, 5) is 12.3. The number of hydrogen-bond acceptors (Lipinski definition) is 8. The van der Waals surface area contributed by atoms with E-state index in [2.05, 4.69) is 0 Å². The lowest BCUT2D eigenvalue weighted by Gasteiger charge is -2.25. The van der Waals surface area contributed by atoms with E-state index in [1.807, 2.05) is 0 Å². The summed E-state index contributed by atoms with van der Waals surface area (Å²) in [6, 6.07) is 2.90. The van der Waals surface area contributed by atoms with Gasteiger partial charge in [0.25, 0.3) is 0 Å². The Bertz CT molecular complexity index is 1200. The van der Waals surface area contributed by atoms with Crippen LogP contribution in [0.4, 0.5) is 5.69 Å². The van der Waals surface area contributed by atoms with Gasteiger partial charge < -0.3 is 4.74 Å². The largest absolute Gasteiger partial charge is 0.495 e. The summed E-state index contributed by atoms with van der Waals surface area (Å²) in [5.41, 5.74) is -1.26. The minimum Gasteiger partial charge on any atom is -0.495 e. The van der Waals surface area contributed by atoms with E-state index in [0.717, 1.165) is 10.4 Å². The zero-order valence-corrected chi connectivity index (χ0v) is 19.5. The molecule has 0 unspecified atom stereocenters. The van der Waals surface area contributed by atoms with Crippen molar-refractivity contribution < 1.29 is 34.8 Å². The molecule has 1 aromatic carbocycles. The Balaban J connectivity index is 2.09. The van der Waals surface area contributed by atoms with Crippen LogP contribution in [-0.2, 0) is 34.7 Å². The number of ether oxygens (including phenoxy) is 1. The molecule has 0 radical (unpaired) electrons. The van der Waals surface area contributed by atoms with E-state index in [1.54, 1.807) is 0 Å². The first-order valence-electron chi connectivity index (χ1n) is 9.06. The van der Waals surface area contributed by atoms with Gasteiger partial charge >= 0.3 is 0 Å². The van der Waals surface area contributed by atoms with Gasteiger partial charge in [0.05, 0.1) is 35.5 Å². The van der Waals surface area contributed by atoms with E-state index >= 15 is 0 Å². The zero-order chi connectivity index (χ0) is 22.7. The summed E-state index contributed by atoms with van der Waals surface area (Å²) < 4.78 is 81.9. The van der Waals surface area contributed by atoms with Crippen molar-refractivity contribution in [1.29, 1.82) is 0 Å². The number of carbonyl (C=O) groups is 1. The van der Waals surface area contributed by atoms with Crippen LogP contribution < -0.4 is 9.04 Å². The smallest absolute Gasteiger partial charge is 0.247 e. The average molecular weight is 481 g/mol. The lowest BCUT2D eigenvalue weighted by atomic mass is 9.95. The van der Waals surface area contributed by atoms with Crippen molar-refractivity contribution in [2.45, 2.75) is 31.2 Å². The van der Waals surface area contributed by atoms with Gasteiger partial charge in [-0.1, -0.05) is 0 Å². The van der Waals surface area contributed by atoms with E-state index in [1.165, 1.54) is 40.1 Å². The summed E-state index contributed by atoms with van der Waals surface area (Å²) in [6.45, 7) is 3.00. The van der Waals surface area contributed by atoms with Crippen molar-refractivity contribution in [1.82, 2.24) is 4.31 Å². The number of anilines is 1. The summed E-state index contributed by atoms with van der Waals surface area (Å²) >= 11 is 0. The van der Waals surface area contributed by atoms with Gasteiger partial charge in [-0.2, -0.15) is 4.31 Å². The number of nitrogens with zero attached hydrogens (tertiary/aromatic N) is 2. The van der Waals surface area contributed by atoms with Gasteiger partial charge in [-0.05, 0) is 38.5 Å². The molecule has 2 aliphatic heterocycles. The predicted molar refractivity (Wildman–Crippen MR) is 110 cm³/mol. The number of carbonyl (C=O) groups excluding carboxylic acids is 1. The Morgan fingerprint density at radius 1 is 1.20 bits per heavy atom. The topological polar surface area (TPSA) is 135 Å².